The van der Waals surface area contributed by atoms with Gasteiger partial charge in [0, 0.05) is 0 Å². The molecule has 0 aliphatic rings. The molecule has 0 saturated heterocycles. The molecule has 0 radical (unpaired) electrons. The summed E-state index contributed by atoms with van der Waals surface area (Å²) in [6.07, 6.45) is 2.27. The van der Waals surface area contributed by atoms with Crippen LogP contribution in [-0.2, 0) is 0 Å². The molecule has 84 valence electrons. The van der Waals surface area contributed by atoms with Crippen molar-refractivity contribution in [2.75, 3.05) is 0 Å². The zero-order valence-corrected chi connectivity index (χ0v) is 9.41. The smallest absolute Gasteiger partial charge is 0.123 e. The summed E-state index contributed by atoms with van der Waals surface area (Å²) in [5.41, 5.74) is 0.679. The van der Waals surface area contributed by atoms with Crippen LogP contribution in [0.25, 0.3) is 0 Å². The number of rotatable bonds is 5. The van der Waals surface area contributed by atoms with Crippen molar-refractivity contribution >= 4 is 0 Å². The van der Waals surface area contributed by atoms with Crippen LogP contribution < -0.4 is 0 Å². The van der Waals surface area contributed by atoms with Gasteiger partial charge in [-0.25, -0.2) is 4.39 Å². The predicted molar refractivity (Wildman–Crippen MR) is 60.0 cm³/mol. The van der Waals surface area contributed by atoms with Crippen molar-refractivity contribution in [2.45, 2.75) is 39.2 Å². The van der Waals surface area contributed by atoms with E-state index < -0.39 is 6.10 Å². The van der Waals surface area contributed by atoms with Gasteiger partial charge in [-0.05, 0) is 30.0 Å². The Kier molecular flexibility index (Phi) is 4.76. The molecule has 1 N–H and O–H groups in total. The molecule has 0 bridgehead atoms. The summed E-state index contributed by atoms with van der Waals surface area (Å²) in [5, 5.41) is 9.79. The SMILES string of the molecule is CC(C)CCCC(O)c1cccc(F)c1. The van der Waals surface area contributed by atoms with Gasteiger partial charge in [0.1, 0.15) is 5.82 Å². The monoisotopic (exact) mass is 210 g/mol. The summed E-state index contributed by atoms with van der Waals surface area (Å²) in [7, 11) is 0. The second-order valence-corrected chi connectivity index (χ2v) is 4.40. The van der Waals surface area contributed by atoms with Crippen molar-refractivity contribution in [3.63, 3.8) is 0 Å². The average molecular weight is 210 g/mol. The highest BCUT2D eigenvalue weighted by Crippen LogP contribution is 2.20. The van der Waals surface area contributed by atoms with E-state index in [2.05, 4.69) is 13.8 Å². The lowest BCUT2D eigenvalue weighted by Crippen LogP contribution is -1.99. The average Bonchev–Trinajstić information content (AvgIpc) is 2.17. The van der Waals surface area contributed by atoms with Gasteiger partial charge in [-0.1, -0.05) is 38.8 Å². The van der Waals surface area contributed by atoms with Gasteiger partial charge in [-0.2, -0.15) is 0 Å². The molecule has 0 heterocycles. The molecule has 1 rings (SSSR count). The Morgan fingerprint density at radius 3 is 2.60 bits per heavy atom. The minimum atomic E-state index is -0.528. The highest BCUT2D eigenvalue weighted by molar-refractivity contribution is 5.18. The number of benzene rings is 1. The molecule has 1 aromatic rings. The van der Waals surface area contributed by atoms with Gasteiger partial charge in [0.05, 0.1) is 6.10 Å². The number of aliphatic hydroxyl groups is 1. The maximum absolute atomic E-state index is 12.9. The molecule has 2 heteroatoms. The number of aliphatic hydroxyl groups excluding tert-OH is 1. The third-order valence-electron chi connectivity index (χ3n) is 2.49. The van der Waals surface area contributed by atoms with Crippen LogP contribution in [0.2, 0.25) is 0 Å². The fourth-order valence-corrected chi connectivity index (χ4v) is 1.60. The Bertz CT molecular complexity index is 296. The van der Waals surface area contributed by atoms with Crippen molar-refractivity contribution in [1.82, 2.24) is 0 Å². The lowest BCUT2D eigenvalue weighted by molar-refractivity contribution is 0.161. The van der Waals surface area contributed by atoms with Crippen molar-refractivity contribution in [3.8, 4) is 0 Å². The van der Waals surface area contributed by atoms with Crippen LogP contribution in [0.4, 0.5) is 4.39 Å². The molecular formula is C13H19FO. The lowest BCUT2D eigenvalue weighted by atomic mass is 10.0. The summed E-state index contributed by atoms with van der Waals surface area (Å²) < 4.78 is 12.9. The third-order valence-corrected chi connectivity index (χ3v) is 2.49. The zero-order valence-electron chi connectivity index (χ0n) is 9.41. The zero-order chi connectivity index (χ0) is 11.3. The van der Waals surface area contributed by atoms with Crippen LogP contribution in [0.15, 0.2) is 24.3 Å². The molecule has 0 aliphatic carbocycles. The second-order valence-electron chi connectivity index (χ2n) is 4.40. The van der Waals surface area contributed by atoms with Gasteiger partial charge in [0.25, 0.3) is 0 Å². The molecule has 0 amide bonds. The van der Waals surface area contributed by atoms with E-state index in [4.69, 9.17) is 0 Å². The predicted octanol–water partition coefficient (Wildman–Crippen LogP) is 3.69. The molecule has 1 aromatic carbocycles. The standard InChI is InChI=1S/C13H19FO/c1-10(2)5-3-8-13(15)11-6-4-7-12(14)9-11/h4,6-7,9-10,13,15H,3,5,8H2,1-2H3. The summed E-state index contributed by atoms with van der Waals surface area (Å²) in [4.78, 5) is 0. The number of hydrogen-bond acceptors (Lipinski definition) is 1. The largest absolute Gasteiger partial charge is 0.388 e. The summed E-state index contributed by atoms with van der Waals surface area (Å²) >= 11 is 0. The van der Waals surface area contributed by atoms with E-state index in [-0.39, 0.29) is 5.82 Å². The van der Waals surface area contributed by atoms with Gasteiger partial charge in [-0.3, -0.25) is 0 Å². The van der Waals surface area contributed by atoms with E-state index in [1.54, 1.807) is 12.1 Å². The van der Waals surface area contributed by atoms with E-state index in [1.165, 1.54) is 12.1 Å². The first-order valence-electron chi connectivity index (χ1n) is 5.53. The topological polar surface area (TPSA) is 20.2 Å². The van der Waals surface area contributed by atoms with E-state index in [9.17, 15) is 9.50 Å². The Balaban J connectivity index is 2.43. The van der Waals surface area contributed by atoms with Crippen molar-refractivity contribution in [1.29, 1.82) is 0 Å². The lowest BCUT2D eigenvalue weighted by Gasteiger charge is -2.11. The third kappa shape index (κ3) is 4.43. The Morgan fingerprint density at radius 1 is 1.27 bits per heavy atom. The summed E-state index contributed by atoms with van der Waals surface area (Å²) in [6, 6.07) is 6.20. The van der Waals surface area contributed by atoms with E-state index in [0.29, 0.717) is 17.9 Å². The maximum Gasteiger partial charge on any atom is 0.123 e. The molecule has 0 fully saturated rings. The van der Waals surface area contributed by atoms with Crippen LogP contribution >= 0.6 is 0 Å². The minimum Gasteiger partial charge on any atom is -0.388 e. The quantitative estimate of drug-likeness (QED) is 0.786. The molecule has 1 nitrogen and oxygen atoms in total. The Labute approximate surface area is 90.9 Å². The van der Waals surface area contributed by atoms with E-state index in [0.717, 1.165) is 12.8 Å². The highest BCUT2D eigenvalue weighted by Gasteiger charge is 2.08. The highest BCUT2D eigenvalue weighted by atomic mass is 19.1. The van der Waals surface area contributed by atoms with Gasteiger partial charge in [-0.15, -0.1) is 0 Å². The van der Waals surface area contributed by atoms with Crippen molar-refractivity contribution < 1.29 is 9.50 Å². The van der Waals surface area contributed by atoms with E-state index in [1.807, 2.05) is 0 Å². The van der Waals surface area contributed by atoms with Gasteiger partial charge in [0.2, 0.25) is 0 Å². The van der Waals surface area contributed by atoms with Crippen LogP contribution in [0.1, 0.15) is 44.8 Å². The van der Waals surface area contributed by atoms with Gasteiger partial charge >= 0.3 is 0 Å². The summed E-state index contributed by atoms with van der Waals surface area (Å²) in [6.45, 7) is 4.32. The molecule has 0 saturated carbocycles. The molecule has 0 aromatic heterocycles. The van der Waals surface area contributed by atoms with Crippen LogP contribution in [0.5, 0.6) is 0 Å². The van der Waals surface area contributed by atoms with Crippen LogP contribution in [0.3, 0.4) is 0 Å². The maximum atomic E-state index is 12.9. The molecule has 0 aliphatic heterocycles. The minimum absolute atomic E-state index is 0.282. The fourth-order valence-electron chi connectivity index (χ4n) is 1.60. The van der Waals surface area contributed by atoms with Crippen molar-refractivity contribution in [2.24, 2.45) is 5.92 Å². The fraction of sp³-hybridized carbons (Fsp3) is 0.538. The Morgan fingerprint density at radius 2 is 2.00 bits per heavy atom. The van der Waals surface area contributed by atoms with Crippen LogP contribution in [0, 0.1) is 11.7 Å². The van der Waals surface area contributed by atoms with Gasteiger partial charge in [0.15, 0.2) is 0 Å². The second kappa shape index (κ2) is 5.86. The number of halogens is 1. The van der Waals surface area contributed by atoms with Gasteiger partial charge < -0.3 is 5.11 Å². The Hall–Kier alpha value is -0.890. The van der Waals surface area contributed by atoms with E-state index >= 15 is 0 Å². The first-order valence-corrected chi connectivity index (χ1v) is 5.53. The molecule has 1 atom stereocenters. The molecule has 15 heavy (non-hydrogen) atoms. The van der Waals surface area contributed by atoms with Crippen molar-refractivity contribution in [3.05, 3.63) is 35.6 Å². The summed E-state index contributed by atoms with van der Waals surface area (Å²) in [5.74, 6) is 0.375. The number of hydrogen-bond donors (Lipinski definition) is 1. The first-order chi connectivity index (χ1) is 7.09. The van der Waals surface area contributed by atoms with Crippen LogP contribution in [-0.4, -0.2) is 5.11 Å². The molecule has 1 unspecified atom stereocenters. The first kappa shape index (κ1) is 12.2. The molecular weight excluding hydrogens is 191 g/mol. The molecule has 0 spiro atoms. The normalized spacial score (nSPS) is 13.1.